The van der Waals surface area contributed by atoms with Gasteiger partial charge in [0.1, 0.15) is 12.4 Å². The largest absolute Gasteiger partial charge is 0.325 e. The highest BCUT2D eigenvalue weighted by Gasteiger charge is 2.22. The number of nitrogens with one attached hydrogen (secondary N) is 1. The van der Waals surface area contributed by atoms with Crippen LogP contribution in [0.15, 0.2) is 53.0 Å². The molecule has 0 aliphatic carbocycles. The summed E-state index contributed by atoms with van der Waals surface area (Å²) in [5, 5.41) is 2.53. The van der Waals surface area contributed by atoms with E-state index in [0.29, 0.717) is 15.8 Å². The molecule has 2 aromatic carbocycles. The highest BCUT2D eigenvalue weighted by Crippen LogP contribution is 2.27. The minimum Gasteiger partial charge on any atom is -0.325 e. The molecule has 1 N–H and O–H groups in total. The van der Waals surface area contributed by atoms with Crippen LogP contribution >= 0.6 is 15.9 Å². The zero-order chi connectivity index (χ0) is 17.0. The number of hydrogen-bond donors (Lipinski definition) is 1. The third-order valence-electron chi connectivity index (χ3n) is 2.94. The minimum atomic E-state index is -3.65. The number of rotatable bonds is 5. The van der Waals surface area contributed by atoms with Crippen LogP contribution in [0.1, 0.15) is 0 Å². The van der Waals surface area contributed by atoms with Gasteiger partial charge in [0.15, 0.2) is 0 Å². The quantitative estimate of drug-likeness (QED) is 0.838. The van der Waals surface area contributed by atoms with Gasteiger partial charge in [0, 0.05) is 10.2 Å². The number of halogens is 2. The van der Waals surface area contributed by atoms with Crippen LogP contribution in [0, 0.1) is 5.82 Å². The molecule has 0 saturated carbocycles. The number of amides is 1. The van der Waals surface area contributed by atoms with Gasteiger partial charge < -0.3 is 5.32 Å². The molecule has 0 aromatic heterocycles. The highest BCUT2D eigenvalue weighted by atomic mass is 79.9. The summed E-state index contributed by atoms with van der Waals surface area (Å²) in [6.45, 7) is -0.390. The third kappa shape index (κ3) is 4.77. The van der Waals surface area contributed by atoms with Gasteiger partial charge in [0.05, 0.1) is 11.9 Å². The summed E-state index contributed by atoms with van der Waals surface area (Å²) in [6, 6.07) is 11.9. The van der Waals surface area contributed by atoms with E-state index in [2.05, 4.69) is 21.2 Å². The van der Waals surface area contributed by atoms with E-state index in [9.17, 15) is 17.6 Å². The molecule has 5 nitrogen and oxygen atoms in total. The Morgan fingerprint density at radius 3 is 2.35 bits per heavy atom. The summed E-state index contributed by atoms with van der Waals surface area (Å²) in [6.07, 6.45) is 1.03. The zero-order valence-corrected chi connectivity index (χ0v) is 14.6. The second kappa shape index (κ2) is 7.10. The van der Waals surface area contributed by atoms with Gasteiger partial charge in [0.25, 0.3) is 0 Å². The molecule has 0 radical (unpaired) electrons. The van der Waals surface area contributed by atoms with E-state index in [-0.39, 0.29) is 0 Å². The van der Waals surface area contributed by atoms with Gasteiger partial charge in [-0.05, 0) is 52.3 Å². The number of hydrogen-bond acceptors (Lipinski definition) is 3. The molecular weight excluding hydrogens is 387 g/mol. The van der Waals surface area contributed by atoms with Gasteiger partial charge in [-0.2, -0.15) is 0 Å². The maximum absolute atomic E-state index is 12.9. The number of sulfonamides is 1. The summed E-state index contributed by atoms with van der Waals surface area (Å²) in [5.41, 5.74) is 0.751. The molecule has 8 heteroatoms. The average molecular weight is 401 g/mol. The van der Waals surface area contributed by atoms with Crippen molar-refractivity contribution in [3.8, 4) is 0 Å². The van der Waals surface area contributed by atoms with E-state index in [1.807, 2.05) is 0 Å². The maximum Gasteiger partial charge on any atom is 0.245 e. The molecule has 122 valence electrons. The van der Waals surface area contributed by atoms with Crippen molar-refractivity contribution in [3.05, 3.63) is 58.8 Å². The summed E-state index contributed by atoms with van der Waals surface area (Å²) in [7, 11) is -3.65. The molecule has 23 heavy (non-hydrogen) atoms. The van der Waals surface area contributed by atoms with Crippen molar-refractivity contribution in [2.24, 2.45) is 0 Å². The summed E-state index contributed by atoms with van der Waals surface area (Å²) in [4.78, 5) is 12.1. The second-order valence-electron chi connectivity index (χ2n) is 4.78. The molecule has 2 aromatic rings. The second-order valence-corrected chi connectivity index (χ2v) is 7.54. The number of para-hydroxylation sites is 1. The highest BCUT2D eigenvalue weighted by molar-refractivity contribution is 9.10. The fraction of sp³-hybridized carbons (Fsp3) is 0.133. The molecule has 0 bridgehead atoms. The van der Waals surface area contributed by atoms with Crippen LogP contribution in [-0.4, -0.2) is 27.1 Å². The van der Waals surface area contributed by atoms with E-state index in [1.54, 1.807) is 24.3 Å². The van der Waals surface area contributed by atoms with Crippen LogP contribution in [0.25, 0.3) is 0 Å². The van der Waals surface area contributed by atoms with Crippen LogP contribution in [0.3, 0.4) is 0 Å². The molecule has 2 rings (SSSR count). The molecule has 0 aliphatic heterocycles. The van der Waals surface area contributed by atoms with Crippen LogP contribution < -0.4 is 9.62 Å². The smallest absolute Gasteiger partial charge is 0.245 e. The first-order valence-electron chi connectivity index (χ1n) is 6.55. The van der Waals surface area contributed by atoms with Crippen molar-refractivity contribution >= 4 is 43.2 Å². The Kier molecular flexibility index (Phi) is 5.38. The number of carbonyl (C=O) groups excluding carboxylic acids is 1. The van der Waals surface area contributed by atoms with Crippen molar-refractivity contribution in [3.63, 3.8) is 0 Å². The number of nitrogens with zero attached hydrogens (tertiary/aromatic N) is 1. The first kappa shape index (κ1) is 17.4. The predicted molar refractivity (Wildman–Crippen MR) is 91.4 cm³/mol. The predicted octanol–water partition coefficient (Wildman–Crippen LogP) is 2.99. The van der Waals surface area contributed by atoms with Gasteiger partial charge in [-0.1, -0.05) is 12.1 Å². The summed E-state index contributed by atoms with van der Waals surface area (Å²) >= 11 is 3.27. The van der Waals surface area contributed by atoms with Gasteiger partial charge in [-0.25, -0.2) is 12.8 Å². The Morgan fingerprint density at radius 1 is 1.17 bits per heavy atom. The lowest BCUT2D eigenvalue weighted by Crippen LogP contribution is -2.37. The van der Waals surface area contributed by atoms with Crippen molar-refractivity contribution in [2.45, 2.75) is 0 Å². The van der Waals surface area contributed by atoms with Crippen molar-refractivity contribution in [1.82, 2.24) is 0 Å². The van der Waals surface area contributed by atoms with Crippen LogP contribution in [0.4, 0.5) is 15.8 Å². The Hall–Kier alpha value is -1.93. The maximum atomic E-state index is 12.9. The molecule has 0 atom stereocenters. The molecular formula is C15H14BrFN2O3S. The van der Waals surface area contributed by atoms with E-state index >= 15 is 0 Å². The van der Waals surface area contributed by atoms with Crippen molar-refractivity contribution in [1.29, 1.82) is 0 Å². The molecule has 0 heterocycles. The van der Waals surface area contributed by atoms with Gasteiger partial charge >= 0.3 is 0 Å². The van der Waals surface area contributed by atoms with E-state index in [0.717, 1.165) is 10.6 Å². The normalized spacial score (nSPS) is 11.1. The van der Waals surface area contributed by atoms with Crippen molar-refractivity contribution in [2.75, 3.05) is 22.4 Å². The monoisotopic (exact) mass is 400 g/mol. The standard InChI is InChI=1S/C15H14BrFN2O3S/c1-23(21,22)19(14-5-3-2-4-13(14)16)10-15(20)18-12-8-6-11(17)7-9-12/h2-9H,10H2,1H3,(H,18,20). The van der Waals surface area contributed by atoms with Crippen LogP contribution in [-0.2, 0) is 14.8 Å². The topological polar surface area (TPSA) is 66.5 Å². The van der Waals surface area contributed by atoms with Gasteiger partial charge in [-0.3, -0.25) is 9.10 Å². The first-order chi connectivity index (χ1) is 10.8. The minimum absolute atomic E-state index is 0.365. The molecule has 0 aliphatic rings. The Morgan fingerprint density at radius 2 is 1.78 bits per heavy atom. The molecule has 0 saturated heterocycles. The Bertz CT molecular complexity index is 810. The van der Waals surface area contributed by atoms with Crippen molar-refractivity contribution < 1.29 is 17.6 Å². The zero-order valence-electron chi connectivity index (χ0n) is 12.2. The molecule has 1 amide bonds. The van der Waals surface area contributed by atoms with E-state index in [1.165, 1.54) is 24.3 Å². The summed E-state index contributed by atoms with van der Waals surface area (Å²) in [5.74, 6) is -0.952. The number of carbonyl (C=O) groups is 1. The molecule has 0 spiro atoms. The Balaban J connectivity index is 2.20. The number of anilines is 2. The lowest BCUT2D eigenvalue weighted by Gasteiger charge is -2.23. The van der Waals surface area contributed by atoms with E-state index < -0.39 is 28.3 Å². The van der Waals surface area contributed by atoms with Gasteiger partial charge in [0.2, 0.25) is 15.9 Å². The van der Waals surface area contributed by atoms with Crippen LogP contribution in [0.2, 0.25) is 0 Å². The van der Waals surface area contributed by atoms with Gasteiger partial charge in [-0.15, -0.1) is 0 Å². The van der Waals surface area contributed by atoms with Crippen LogP contribution in [0.5, 0.6) is 0 Å². The summed E-state index contributed by atoms with van der Waals surface area (Å²) < 4.78 is 38.4. The Labute approximate surface area is 142 Å². The average Bonchev–Trinajstić information content (AvgIpc) is 2.47. The molecule has 0 fully saturated rings. The van der Waals surface area contributed by atoms with E-state index in [4.69, 9.17) is 0 Å². The SMILES string of the molecule is CS(=O)(=O)N(CC(=O)Nc1ccc(F)cc1)c1ccccc1Br. The third-order valence-corrected chi connectivity index (χ3v) is 4.73. The lowest BCUT2D eigenvalue weighted by atomic mass is 10.3. The fourth-order valence-corrected chi connectivity index (χ4v) is 3.38. The lowest BCUT2D eigenvalue weighted by molar-refractivity contribution is -0.114. The fourth-order valence-electron chi connectivity index (χ4n) is 1.90. The molecule has 0 unspecified atom stereocenters. The first-order valence-corrected chi connectivity index (χ1v) is 9.19. The number of benzene rings is 2.